The first-order valence-electron chi connectivity index (χ1n) is 9.95. The number of nitrogens with zero attached hydrogens (tertiary/aromatic N) is 2. The molecule has 6 nitrogen and oxygen atoms in total. The molecule has 0 radical (unpaired) electrons. The van der Waals surface area contributed by atoms with Gasteiger partial charge >= 0.3 is 0 Å². The highest BCUT2D eigenvalue weighted by atomic mass is 16.5. The fraction of sp³-hybridized carbons (Fsp3) is 0.160. The average Bonchev–Trinajstić information content (AvgIpc) is 2.79. The average molecular weight is 413 g/mol. The van der Waals surface area contributed by atoms with Crippen molar-refractivity contribution >= 4 is 22.5 Å². The minimum atomic E-state index is -0.237. The molecule has 0 atom stereocenters. The number of hydrogen-bond donors (Lipinski definition) is 1. The van der Waals surface area contributed by atoms with Gasteiger partial charge in [0.15, 0.2) is 0 Å². The van der Waals surface area contributed by atoms with Crippen molar-refractivity contribution < 1.29 is 9.53 Å². The zero-order valence-electron chi connectivity index (χ0n) is 17.7. The number of hydrogen-bond acceptors (Lipinski definition) is 4. The standard InChI is InChI=1S/C25H23N3O3/c1-16-4-5-17(2)23(12-16)28(25(30)18-8-10-26-11-9-18)15-20-13-19-6-7-21(31-3)14-22(19)27-24(20)29/h4-14H,15H2,1-3H3,(H,27,29). The van der Waals surface area contributed by atoms with E-state index in [2.05, 4.69) is 9.97 Å². The quantitative estimate of drug-likeness (QED) is 0.526. The summed E-state index contributed by atoms with van der Waals surface area (Å²) in [6.45, 7) is 4.08. The van der Waals surface area contributed by atoms with Crippen LogP contribution in [0.3, 0.4) is 0 Å². The van der Waals surface area contributed by atoms with Gasteiger partial charge in [0, 0.05) is 35.3 Å². The molecule has 0 fully saturated rings. The van der Waals surface area contributed by atoms with E-state index in [4.69, 9.17) is 4.74 Å². The predicted molar refractivity (Wildman–Crippen MR) is 122 cm³/mol. The Balaban J connectivity index is 1.81. The molecule has 1 N–H and O–H groups in total. The highest BCUT2D eigenvalue weighted by Gasteiger charge is 2.21. The summed E-state index contributed by atoms with van der Waals surface area (Å²) in [5, 5.41) is 0.868. The Kier molecular flexibility index (Phi) is 5.54. The SMILES string of the molecule is COc1ccc2cc(CN(C(=O)c3ccncc3)c3cc(C)ccc3C)c(=O)[nH]c2c1. The van der Waals surface area contributed by atoms with Gasteiger partial charge in [-0.1, -0.05) is 12.1 Å². The molecule has 2 aromatic heterocycles. The molecule has 2 aromatic carbocycles. The highest BCUT2D eigenvalue weighted by molar-refractivity contribution is 6.06. The van der Waals surface area contributed by atoms with Crippen LogP contribution in [0.5, 0.6) is 5.75 Å². The van der Waals surface area contributed by atoms with Gasteiger partial charge in [0.25, 0.3) is 11.5 Å². The number of aromatic amines is 1. The van der Waals surface area contributed by atoms with Crippen LogP contribution in [0.1, 0.15) is 27.0 Å². The number of aromatic nitrogens is 2. The van der Waals surface area contributed by atoms with E-state index < -0.39 is 0 Å². The Bertz CT molecular complexity index is 1310. The second kappa shape index (κ2) is 8.44. The minimum Gasteiger partial charge on any atom is -0.497 e. The summed E-state index contributed by atoms with van der Waals surface area (Å²) in [4.78, 5) is 34.9. The topological polar surface area (TPSA) is 75.3 Å². The summed E-state index contributed by atoms with van der Waals surface area (Å²) < 4.78 is 5.24. The van der Waals surface area contributed by atoms with Crippen molar-refractivity contribution in [2.24, 2.45) is 0 Å². The van der Waals surface area contributed by atoms with Gasteiger partial charge in [0.05, 0.1) is 19.2 Å². The summed E-state index contributed by atoms with van der Waals surface area (Å²) in [5.74, 6) is 0.478. The summed E-state index contributed by atoms with van der Waals surface area (Å²) in [6, 6.07) is 16.6. The van der Waals surface area contributed by atoms with E-state index in [1.54, 1.807) is 42.6 Å². The Morgan fingerprint density at radius 1 is 1.03 bits per heavy atom. The predicted octanol–water partition coefficient (Wildman–Crippen LogP) is 4.40. The van der Waals surface area contributed by atoms with Crippen molar-refractivity contribution in [1.82, 2.24) is 9.97 Å². The molecule has 0 bridgehead atoms. The molecule has 0 saturated carbocycles. The molecule has 2 heterocycles. The molecular weight excluding hydrogens is 390 g/mol. The largest absolute Gasteiger partial charge is 0.497 e. The maximum atomic E-state index is 13.4. The molecular formula is C25H23N3O3. The van der Waals surface area contributed by atoms with Gasteiger partial charge < -0.3 is 14.6 Å². The molecule has 6 heteroatoms. The van der Waals surface area contributed by atoms with Crippen LogP contribution >= 0.6 is 0 Å². The molecule has 0 aliphatic carbocycles. The van der Waals surface area contributed by atoms with Gasteiger partial charge in [-0.05, 0) is 66.8 Å². The van der Waals surface area contributed by atoms with Crippen LogP contribution in [0, 0.1) is 13.8 Å². The van der Waals surface area contributed by atoms with Crippen molar-refractivity contribution in [3.63, 3.8) is 0 Å². The van der Waals surface area contributed by atoms with Crippen molar-refractivity contribution in [3.05, 3.63) is 99.6 Å². The van der Waals surface area contributed by atoms with Crippen LogP contribution in [-0.2, 0) is 6.54 Å². The van der Waals surface area contributed by atoms with E-state index in [1.165, 1.54) is 0 Å². The van der Waals surface area contributed by atoms with Crippen LogP contribution in [0.15, 0.2) is 71.8 Å². The lowest BCUT2D eigenvalue weighted by Gasteiger charge is -2.25. The van der Waals surface area contributed by atoms with Crippen LogP contribution in [-0.4, -0.2) is 23.0 Å². The van der Waals surface area contributed by atoms with Gasteiger partial charge in [-0.2, -0.15) is 0 Å². The van der Waals surface area contributed by atoms with Crippen molar-refractivity contribution in [1.29, 1.82) is 0 Å². The maximum Gasteiger partial charge on any atom is 0.258 e. The monoisotopic (exact) mass is 413 g/mol. The molecule has 0 saturated heterocycles. The smallest absolute Gasteiger partial charge is 0.258 e. The van der Waals surface area contributed by atoms with Gasteiger partial charge in [0.2, 0.25) is 0 Å². The lowest BCUT2D eigenvalue weighted by Crippen LogP contribution is -2.33. The summed E-state index contributed by atoms with van der Waals surface area (Å²) in [5.41, 5.74) is 4.22. The van der Waals surface area contributed by atoms with Gasteiger partial charge in [-0.15, -0.1) is 0 Å². The van der Waals surface area contributed by atoms with Crippen LogP contribution < -0.4 is 15.2 Å². The molecule has 0 spiro atoms. The Hall–Kier alpha value is -3.93. The molecule has 0 aliphatic heterocycles. The molecule has 31 heavy (non-hydrogen) atoms. The number of methoxy groups -OCH3 is 1. The van der Waals surface area contributed by atoms with E-state index in [-0.39, 0.29) is 18.0 Å². The molecule has 1 amide bonds. The van der Waals surface area contributed by atoms with E-state index in [0.717, 1.165) is 22.2 Å². The lowest BCUT2D eigenvalue weighted by molar-refractivity contribution is 0.0985. The number of ether oxygens (including phenoxy) is 1. The number of rotatable bonds is 5. The molecule has 4 aromatic rings. The summed E-state index contributed by atoms with van der Waals surface area (Å²) >= 11 is 0. The molecule has 156 valence electrons. The molecule has 0 aliphatic rings. The Morgan fingerprint density at radius 3 is 2.55 bits per heavy atom. The Labute approximate surface area is 180 Å². The normalized spacial score (nSPS) is 10.8. The maximum absolute atomic E-state index is 13.4. The zero-order chi connectivity index (χ0) is 22.0. The summed E-state index contributed by atoms with van der Waals surface area (Å²) in [6.07, 6.45) is 3.18. The number of carbonyl (C=O) groups is 1. The van der Waals surface area contributed by atoms with E-state index in [0.29, 0.717) is 22.4 Å². The number of fused-ring (bicyclic) bond motifs is 1. The van der Waals surface area contributed by atoms with Crippen molar-refractivity contribution in [2.75, 3.05) is 12.0 Å². The van der Waals surface area contributed by atoms with E-state index in [9.17, 15) is 9.59 Å². The second-order valence-electron chi connectivity index (χ2n) is 7.49. The van der Waals surface area contributed by atoms with E-state index >= 15 is 0 Å². The number of carbonyl (C=O) groups excluding carboxylic acids is 1. The minimum absolute atomic E-state index is 0.142. The van der Waals surface area contributed by atoms with Crippen LogP contribution in [0.4, 0.5) is 5.69 Å². The van der Waals surface area contributed by atoms with Crippen molar-refractivity contribution in [2.45, 2.75) is 20.4 Å². The third-order valence-corrected chi connectivity index (χ3v) is 5.29. The molecule has 0 unspecified atom stereocenters. The van der Waals surface area contributed by atoms with Gasteiger partial charge in [0.1, 0.15) is 5.75 Å². The lowest BCUT2D eigenvalue weighted by atomic mass is 10.1. The summed E-state index contributed by atoms with van der Waals surface area (Å²) in [7, 11) is 1.58. The number of H-pyrrole nitrogens is 1. The first-order chi connectivity index (χ1) is 15.0. The fourth-order valence-electron chi connectivity index (χ4n) is 3.57. The number of nitrogens with one attached hydrogen (secondary N) is 1. The van der Waals surface area contributed by atoms with E-state index in [1.807, 2.05) is 50.2 Å². The first kappa shape index (κ1) is 20.3. The first-order valence-corrected chi connectivity index (χ1v) is 9.95. The van der Waals surface area contributed by atoms with Crippen molar-refractivity contribution in [3.8, 4) is 5.75 Å². The van der Waals surface area contributed by atoms with Crippen LogP contribution in [0.2, 0.25) is 0 Å². The third kappa shape index (κ3) is 4.19. The third-order valence-electron chi connectivity index (χ3n) is 5.29. The number of anilines is 1. The number of benzene rings is 2. The number of aryl methyl sites for hydroxylation is 2. The zero-order valence-corrected chi connectivity index (χ0v) is 17.7. The fourth-order valence-corrected chi connectivity index (χ4v) is 3.57. The second-order valence-corrected chi connectivity index (χ2v) is 7.49. The highest BCUT2D eigenvalue weighted by Crippen LogP contribution is 2.26. The van der Waals surface area contributed by atoms with Crippen LogP contribution in [0.25, 0.3) is 10.9 Å². The molecule has 4 rings (SSSR count). The number of amides is 1. The van der Waals surface area contributed by atoms with Gasteiger partial charge in [-0.25, -0.2) is 0 Å². The van der Waals surface area contributed by atoms with Gasteiger partial charge in [-0.3, -0.25) is 14.6 Å². The number of pyridine rings is 2. The Morgan fingerprint density at radius 2 is 1.81 bits per heavy atom.